The third kappa shape index (κ3) is 2.07. The smallest absolute Gasteiger partial charge is 0.165 e. The number of benzene rings is 1. The van der Waals surface area contributed by atoms with Gasteiger partial charge >= 0.3 is 0 Å². The van der Waals surface area contributed by atoms with E-state index in [1.54, 1.807) is 12.1 Å². The Morgan fingerprint density at radius 2 is 1.87 bits per heavy atom. The van der Waals surface area contributed by atoms with Crippen LogP contribution in [0.3, 0.4) is 0 Å². The molecule has 15 heavy (non-hydrogen) atoms. The van der Waals surface area contributed by atoms with Crippen molar-refractivity contribution in [1.82, 2.24) is 0 Å². The van der Waals surface area contributed by atoms with Crippen molar-refractivity contribution in [1.29, 1.82) is 5.26 Å². The summed E-state index contributed by atoms with van der Waals surface area (Å²) >= 11 is 0. The second-order valence-corrected chi connectivity index (χ2v) is 4.04. The second-order valence-electron chi connectivity index (χ2n) is 4.04. The molecule has 1 rings (SSSR count). The maximum absolute atomic E-state index is 11.8. The zero-order valence-electron chi connectivity index (χ0n) is 9.59. The topological polar surface area (TPSA) is 40.9 Å². The van der Waals surface area contributed by atoms with Crippen LogP contribution in [0.5, 0.6) is 0 Å². The maximum atomic E-state index is 11.8. The molecule has 0 saturated heterocycles. The predicted octanol–water partition coefficient (Wildman–Crippen LogP) is 3.01. The van der Waals surface area contributed by atoms with E-state index in [0.29, 0.717) is 5.56 Å². The van der Waals surface area contributed by atoms with Crippen LogP contribution in [0.25, 0.3) is 0 Å². The fourth-order valence-corrected chi connectivity index (χ4v) is 1.52. The van der Waals surface area contributed by atoms with Crippen LogP contribution in [0.15, 0.2) is 12.1 Å². The number of ketones is 1. The first-order valence-corrected chi connectivity index (χ1v) is 5.03. The molecule has 0 N–H and O–H groups in total. The van der Waals surface area contributed by atoms with E-state index in [-0.39, 0.29) is 11.7 Å². The van der Waals surface area contributed by atoms with Gasteiger partial charge in [-0.25, -0.2) is 0 Å². The highest BCUT2D eigenvalue weighted by Crippen LogP contribution is 2.19. The molecule has 78 valence electrons. The van der Waals surface area contributed by atoms with Crippen LogP contribution in [0.4, 0.5) is 0 Å². The molecule has 2 heteroatoms. The Bertz CT molecular complexity index is 439. The molecule has 0 aliphatic heterocycles. The Labute approximate surface area is 90.5 Å². The van der Waals surface area contributed by atoms with Gasteiger partial charge in [-0.05, 0) is 37.1 Å². The summed E-state index contributed by atoms with van der Waals surface area (Å²) in [7, 11) is 0. The molecule has 0 amide bonds. The molecule has 0 aromatic heterocycles. The van der Waals surface area contributed by atoms with Crippen molar-refractivity contribution in [3.63, 3.8) is 0 Å². The third-order valence-corrected chi connectivity index (χ3v) is 2.70. The lowest BCUT2D eigenvalue weighted by atomic mass is 9.92. The number of nitriles is 1. The molecule has 0 radical (unpaired) electrons. The van der Waals surface area contributed by atoms with E-state index in [1.807, 2.05) is 27.7 Å². The van der Waals surface area contributed by atoms with E-state index in [4.69, 9.17) is 5.26 Å². The molecule has 0 spiro atoms. The van der Waals surface area contributed by atoms with Gasteiger partial charge in [-0.1, -0.05) is 13.8 Å². The molecular formula is C13H15NO. The average Bonchev–Trinajstić information content (AvgIpc) is 2.21. The number of Topliss-reactive ketones (excluding diaryl/α,β-unsaturated/α-hetero) is 1. The highest BCUT2D eigenvalue weighted by Gasteiger charge is 2.15. The summed E-state index contributed by atoms with van der Waals surface area (Å²) in [5.41, 5.74) is 3.21. The quantitative estimate of drug-likeness (QED) is 0.690. The first kappa shape index (κ1) is 11.5. The number of carbonyl (C=O) groups is 1. The Balaban J connectivity index is 3.31. The summed E-state index contributed by atoms with van der Waals surface area (Å²) in [6, 6.07) is 5.59. The minimum atomic E-state index is -0.00367. The van der Waals surface area contributed by atoms with Crippen LogP contribution in [0.1, 0.15) is 40.9 Å². The summed E-state index contributed by atoms with van der Waals surface area (Å²) in [5.74, 6) is 0.135. The lowest BCUT2D eigenvalue weighted by Crippen LogP contribution is -2.10. The monoisotopic (exact) mass is 201 g/mol. The van der Waals surface area contributed by atoms with Gasteiger partial charge in [-0.2, -0.15) is 5.26 Å². The van der Waals surface area contributed by atoms with E-state index in [1.165, 1.54) is 0 Å². The number of hydrogen-bond donors (Lipinski definition) is 0. The second kappa shape index (κ2) is 4.27. The van der Waals surface area contributed by atoms with Crippen molar-refractivity contribution in [2.24, 2.45) is 5.92 Å². The molecule has 0 atom stereocenters. The fourth-order valence-electron chi connectivity index (χ4n) is 1.52. The first-order valence-electron chi connectivity index (χ1n) is 5.03. The van der Waals surface area contributed by atoms with E-state index in [9.17, 15) is 4.79 Å². The van der Waals surface area contributed by atoms with Gasteiger partial charge in [0.05, 0.1) is 11.6 Å². The van der Waals surface area contributed by atoms with Crippen molar-refractivity contribution in [2.75, 3.05) is 0 Å². The highest BCUT2D eigenvalue weighted by atomic mass is 16.1. The summed E-state index contributed by atoms with van der Waals surface area (Å²) in [4.78, 5) is 11.8. The maximum Gasteiger partial charge on any atom is 0.165 e. The van der Waals surface area contributed by atoms with Crippen LogP contribution >= 0.6 is 0 Å². The van der Waals surface area contributed by atoms with Gasteiger partial charge in [-0.15, -0.1) is 0 Å². The normalized spacial score (nSPS) is 10.1. The van der Waals surface area contributed by atoms with E-state index in [2.05, 4.69) is 6.07 Å². The van der Waals surface area contributed by atoms with E-state index < -0.39 is 0 Å². The third-order valence-electron chi connectivity index (χ3n) is 2.70. The van der Waals surface area contributed by atoms with Crippen molar-refractivity contribution >= 4 is 5.78 Å². The number of hydrogen-bond acceptors (Lipinski definition) is 2. The molecule has 0 aliphatic carbocycles. The van der Waals surface area contributed by atoms with Gasteiger partial charge < -0.3 is 0 Å². The van der Waals surface area contributed by atoms with Crippen molar-refractivity contribution < 1.29 is 4.79 Å². The molecule has 0 heterocycles. The molecule has 0 aliphatic rings. The summed E-state index contributed by atoms with van der Waals surface area (Å²) < 4.78 is 0. The minimum Gasteiger partial charge on any atom is -0.294 e. The summed E-state index contributed by atoms with van der Waals surface area (Å²) in [6.07, 6.45) is 0. The van der Waals surface area contributed by atoms with Crippen LogP contribution in [-0.2, 0) is 0 Å². The van der Waals surface area contributed by atoms with Gasteiger partial charge in [0, 0.05) is 11.5 Å². The van der Waals surface area contributed by atoms with E-state index >= 15 is 0 Å². The van der Waals surface area contributed by atoms with Gasteiger partial charge in [0.1, 0.15) is 0 Å². The summed E-state index contributed by atoms with van der Waals surface area (Å²) in [5, 5.41) is 8.85. The fraction of sp³-hybridized carbons (Fsp3) is 0.385. The Morgan fingerprint density at radius 1 is 1.27 bits per heavy atom. The van der Waals surface area contributed by atoms with Crippen LogP contribution in [0, 0.1) is 31.1 Å². The molecule has 0 unspecified atom stereocenters. The van der Waals surface area contributed by atoms with Crippen molar-refractivity contribution in [3.05, 3.63) is 34.4 Å². The van der Waals surface area contributed by atoms with E-state index in [0.717, 1.165) is 16.7 Å². The Morgan fingerprint density at radius 3 is 2.33 bits per heavy atom. The van der Waals surface area contributed by atoms with Crippen molar-refractivity contribution in [3.8, 4) is 6.07 Å². The zero-order chi connectivity index (χ0) is 11.6. The summed E-state index contributed by atoms with van der Waals surface area (Å²) in [6.45, 7) is 7.54. The number of rotatable bonds is 2. The van der Waals surface area contributed by atoms with Crippen molar-refractivity contribution in [2.45, 2.75) is 27.7 Å². The SMILES string of the molecule is Cc1c(C#N)ccc(C(=O)C(C)C)c1C. The first-order chi connectivity index (χ1) is 6.99. The van der Waals surface area contributed by atoms with Gasteiger partial charge in [0.25, 0.3) is 0 Å². The molecule has 1 aromatic rings. The highest BCUT2D eigenvalue weighted by molar-refractivity contribution is 5.99. The number of nitrogens with zero attached hydrogens (tertiary/aromatic N) is 1. The zero-order valence-corrected chi connectivity index (χ0v) is 9.59. The van der Waals surface area contributed by atoms with Gasteiger partial charge in [0.2, 0.25) is 0 Å². The molecular weight excluding hydrogens is 186 g/mol. The Kier molecular flexibility index (Phi) is 3.26. The Hall–Kier alpha value is -1.62. The largest absolute Gasteiger partial charge is 0.294 e. The standard InChI is InChI=1S/C13H15NO/c1-8(2)13(15)12-6-5-11(7-14)9(3)10(12)4/h5-6,8H,1-4H3. The molecule has 0 bridgehead atoms. The molecule has 0 fully saturated rings. The lowest BCUT2D eigenvalue weighted by Gasteiger charge is -2.10. The molecule has 0 saturated carbocycles. The van der Waals surface area contributed by atoms with Gasteiger partial charge in [-0.3, -0.25) is 4.79 Å². The minimum absolute atomic E-state index is 0.00367. The predicted molar refractivity (Wildman–Crippen MR) is 59.8 cm³/mol. The van der Waals surface area contributed by atoms with Gasteiger partial charge in [0.15, 0.2) is 5.78 Å². The lowest BCUT2D eigenvalue weighted by molar-refractivity contribution is 0.0938. The van der Waals surface area contributed by atoms with Crippen LogP contribution < -0.4 is 0 Å². The number of carbonyl (C=O) groups excluding carboxylic acids is 1. The molecule has 1 aromatic carbocycles. The van der Waals surface area contributed by atoms with Crippen LogP contribution in [0.2, 0.25) is 0 Å². The average molecular weight is 201 g/mol. The van der Waals surface area contributed by atoms with Crippen LogP contribution in [-0.4, -0.2) is 5.78 Å². The molecule has 2 nitrogen and oxygen atoms in total.